The predicted molar refractivity (Wildman–Crippen MR) is 92.6 cm³/mol. The molecule has 24 heavy (non-hydrogen) atoms. The van der Waals surface area contributed by atoms with Crippen molar-refractivity contribution in [2.24, 2.45) is 5.92 Å². The van der Waals surface area contributed by atoms with Gasteiger partial charge in [-0.15, -0.1) is 0 Å². The maximum Gasteiger partial charge on any atom is 0.325 e. The minimum absolute atomic E-state index is 0.134. The summed E-state index contributed by atoms with van der Waals surface area (Å²) in [6.07, 6.45) is 3.72. The van der Waals surface area contributed by atoms with Gasteiger partial charge in [0.15, 0.2) is 0 Å². The van der Waals surface area contributed by atoms with Crippen LogP contribution in [0.1, 0.15) is 32.6 Å². The van der Waals surface area contributed by atoms with Crippen molar-refractivity contribution in [1.82, 2.24) is 10.2 Å². The molecule has 0 bridgehead atoms. The molecule has 3 rings (SSSR count). The first-order valence-corrected chi connectivity index (χ1v) is 8.91. The summed E-state index contributed by atoms with van der Waals surface area (Å²) < 4.78 is 5.59. The maximum atomic E-state index is 12.8. The second-order valence-corrected chi connectivity index (χ2v) is 7.27. The van der Waals surface area contributed by atoms with Crippen molar-refractivity contribution in [3.63, 3.8) is 0 Å². The number of hydrogen-bond donors (Lipinski definition) is 1. The number of benzene rings is 1. The van der Waals surface area contributed by atoms with Crippen molar-refractivity contribution in [2.75, 3.05) is 13.2 Å². The van der Waals surface area contributed by atoms with Crippen LogP contribution in [0.25, 0.3) is 0 Å². The van der Waals surface area contributed by atoms with Crippen molar-refractivity contribution in [3.8, 4) is 5.75 Å². The summed E-state index contributed by atoms with van der Waals surface area (Å²) in [4.78, 5) is 26.3. The number of urea groups is 1. The second-order valence-electron chi connectivity index (χ2n) is 6.43. The average Bonchev–Trinajstić information content (AvgIpc) is 2.77. The highest BCUT2D eigenvalue weighted by Crippen LogP contribution is 2.38. The first-order valence-electron chi connectivity index (χ1n) is 8.16. The zero-order valence-electron chi connectivity index (χ0n) is 13.5. The topological polar surface area (TPSA) is 58.6 Å². The third-order valence-electron chi connectivity index (χ3n) is 4.97. The van der Waals surface area contributed by atoms with Gasteiger partial charge in [-0.25, -0.2) is 4.79 Å². The van der Waals surface area contributed by atoms with E-state index in [1.807, 2.05) is 6.92 Å². The first-order chi connectivity index (χ1) is 11.4. The van der Waals surface area contributed by atoms with Crippen molar-refractivity contribution < 1.29 is 14.3 Å². The van der Waals surface area contributed by atoms with E-state index in [0.29, 0.717) is 22.2 Å². The Morgan fingerprint density at radius 2 is 2.12 bits per heavy atom. The molecule has 7 heteroatoms. The van der Waals surface area contributed by atoms with Gasteiger partial charge in [0.25, 0.3) is 5.91 Å². The molecular formula is C17H20Cl2N2O3. The number of carbonyl (C=O) groups excluding carboxylic acids is 2. The molecule has 1 aromatic carbocycles. The van der Waals surface area contributed by atoms with Gasteiger partial charge in [-0.2, -0.15) is 0 Å². The summed E-state index contributed by atoms with van der Waals surface area (Å²) >= 11 is 11.9. The number of nitrogens with one attached hydrogen (secondary N) is 1. The van der Waals surface area contributed by atoms with E-state index in [1.165, 1.54) is 4.90 Å². The molecule has 2 fully saturated rings. The van der Waals surface area contributed by atoms with Crippen LogP contribution in [0, 0.1) is 5.92 Å². The summed E-state index contributed by atoms with van der Waals surface area (Å²) in [7, 11) is 0. The van der Waals surface area contributed by atoms with Gasteiger partial charge in [0.05, 0.1) is 11.6 Å². The maximum absolute atomic E-state index is 12.8. The summed E-state index contributed by atoms with van der Waals surface area (Å²) in [6.45, 7) is 2.41. The highest BCUT2D eigenvalue weighted by Gasteiger charge is 2.54. The third kappa shape index (κ3) is 3.07. The zero-order chi connectivity index (χ0) is 17.3. The van der Waals surface area contributed by atoms with E-state index in [2.05, 4.69) is 5.32 Å². The van der Waals surface area contributed by atoms with E-state index in [0.717, 1.165) is 19.3 Å². The Morgan fingerprint density at radius 3 is 2.83 bits per heavy atom. The van der Waals surface area contributed by atoms with Crippen LogP contribution < -0.4 is 10.1 Å². The summed E-state index contributed by atoms with van der Waals surface area (Å²) in [6, 6.07) is 4.60. The van der Waals surface area contributed by atoms with Crippen LogP contribution in [0.15, 0.2) is 18.2 Å². The molecule has 1 saturated carbocycles. The predicted octanol–water partition coefficient (Wildman–Crippen LogP) is 3.87. The van der Waals surface area contributed by atoms with Gasteiger partial charge in [-0.3, -0.25) is 9.69 Å². The molecule has 2 atom stereocenters. The normalized spacial score (nSPS) is 26.8. The van der Waals surface area contributed by atoms with E-state index in [4.69, 9.17) is 27.9 Å². The summed E-state index contributed by atoms with van der Waals surface area (Å²) in [5.74, 6) is 0.499. The Balaban J connectivity index is 1.63. The molecule has 1 aliphatic carbocycles. The average molecular weight is 371 g/mol. The number of rotatable bonds is 4. The van der Waals surface area contributed by atoms with E-state index >= 15 is 0 Å². The van der Waals surface area contributed by atoms with Gasteiger partial charge < -0.3 is 10.1 Å². The van der Waals surface area contributed by atoms with Crippen LogP contribution >= 0.6 is 23.2 Å². The quantitative estimate of drug-likeness (QED) is 0.818. The number of imide groups is 1. The fraction of sp³-hybridized carbons (Fsp3) is 0.529. The summed E-state index contributed by atoms with van der Waals surface area (Å²) in [5.41, 5.74) is -0.729. The molecular weight excluding hydrogens is 351 g/mol. The number of ether oxygens (including phenoxy) is 1. The molecule has 0 aromatic heterocycles. The van der Waals surface area contributed by atoms with Crippen molar-refractivity contribution in [3.05, 3.63) is 28.2 Å². The molecule has 1 aliphatic heterocycles. The number of nitrogens with zero attached hydrogens (tertiary/aromatic N) is 1. The molecule has 1 N–H and O–H groups in total. The van der Waals surface area contributed by atoms with Crippen LogP contribution in [0.2, 0.25) is 10.0 Å². The monoisotopic (exact) mass is 370 g/mol. The van der Waals surface area contributed by atoms with Crippen molar-refractivity contribution in [2.45, 2.75) is 38.1 Å². The van der Waals surface area contributed by atoms with Gasteiger partial charge >= 0.3 is 6.03 Å². The minimum Gasteiger partial charge on any atom is -0.490 e. The van der Waals surface area contributed by atoms with Crippen LogP contribution in [0.3, 0.4) is 0 Å². The fourth-order valence-electron chi connectivity index (χ4n) is 3.54. The van der Waals surface area contributed by atoms with Crippen LogP contribution in [0.4, 0.5) is 4.79 Å². The molecule has 3 amide bonds. The van der Waals surface area contributed by atoms with Gasteiger partial charge in [-0.1, -0.05) is 43.0 Å². The van der Waals surface area contributed by atoms with E-state index in [9.17, 15) is 9.59 Å². The van der Waals surface area contributed by atoms with Crippen LogP contribution in [-0.2, 0) is 4.79 Å². The lowest BCUT2D eigenvalue weighted by atomic mass is 9.73. The molecule has 1 aromatic rings. The smallest absolute Gasteiger partial charge is 0.325 e. The molecule has 2 aliphatic rings. The Labute approximate surface area is 151 Å². The number of hydrogen-bond acceptors (Lipinski definition) is 3. The van der Waals surface area contributed by atoms with Gasteiger partial charge in [0.2, 0.25) is 0 Å². The lowest BCUT2D eigenvalue weighted by Gasteiger charge is -2.36. The van der Waals surface area contributed by atoms with Crippen LogP contribution in [0.5, 0.6) is 5.75 Å². The standard InChI is InChI=1S/C17H20Cl2N2O3/c1-11-4-2-3-7-17(11)15(22)21(16(23)20-17)8-9-24-14-6-5-12(18)10-13(14)19/h5-6,10-11H,2-4,7-9H2,1H3,(H,20,23)/t11-,17-/m0/s1. The zero-order valence-corrected chi connectivity index (χ0v) is 15.0. The van der Waals surface area contributed by atoms with E-state index in [1.54, 1.807) is 18.2 Å². The number of halogens is 2. The van der Waals surface area contributed by atoms with E-state index < -0.39 is 5.54 Å². The van der Waals surface area contributed by atoms with Gasteiger partial charge in [0, 0.05) is 5.02 Å². The Bertz CT molecular complexity index is 667. The molecule has 1 spiro atoms. The number of amides is 3. The van der Waals surface area contributed by atoms with Crippen molar-refractivity contribution in [1.29, 1.82) is 0 Å². The molecule has 0 unspecified atom stereocenters. The first kappa shape index (κ1) is 17.4. The highest BCUT2D eigenvalue weighted by molar-refractivity contribution is 6.35. The highest BCUT2D eigenvalue weighted by atomic mass is 35.5. The molecule has 130 valence electrons. The Kier molecular flexibility index (Phi) is 4.92. The number of carbonyl (C=O) groups is 2. The third-order valence-corrected chi connectivity index (χ3v) is 5.50. The molecule has 5 nitrogen and oxygen atoms in total. The SMILES string of the molecule is C[C@H]1CCCC[C@]12NC(=O)N(CCOc1ccc(Cl)cc1Cl)C2=O. The minimum atomic E-state index is -0.729. The van der Waals surface area contributed by atoms with Crippen LogP contribution in [-0.4, -0.2) is 35.5 Å². The van der Waals surface area contributed by atoms with E-state index in [-0.39, 0.29) is 31.0 Å². The molecule has 1 heterocycles. The Morgan fingerprint density at radius 1 is 1.33 bits per heavy atom. The lowest BCUT2D eigenvalue weighted by Crippen LogP contribution is -2.54. The molecule has 1 saturated heterocycles. The fourth-order valence-corrected chi connectivity index (χ4v) is 4.00. The van der Waals surface area contributed by atoms with Gasteiger partial charge in [0.1, 0.15) is 17.9 Å². The second kappa shape index (κ2) is 6.81. The Hall–Kier alpha value is -1.46. The van der Waals surface area contributed by atoms with Crippen molar-refractivity contribution >= 4 is 35.1 Å². The largest absolute Gasteiger partial charge is 0.490 e. The molecule has 0 radical (unpaired) electrons. The van der Waals surface area contributed by atoms with Gasteiger partial charge in [-0.05, 0) is 37.0 Å². The summed E-state index contributed by atoms with van der Waals surface area (Å²) in [5, 5.41) is 3.85. The lowest BCUT2D eigenvalue weighted by molar-refractivity contribution is -0.134.